The molecule has 0 spiro atoms. The fourth-order valence-corrected chi connectivity index (χ4v) is 4.31. The number of ether oxygens (including phenoxy) is 1. The molecule has 2 aliphatic heterocycles. The van der Waals surface area contributed by atoms with Crippen molar-refractivity contribution in [3.63, 3.8) is 0 Å². The molecular weight excluding hydrogens is 338 g/mol. The predicted octanol–water partition coefficient (Wildman–Crippen LogP) is 3.50. The minimum absolute atomic E-state index is 0.0635. The molecule has 1 aromatic carbocycles. The lowest BCUT2D eigenvalue weighted by molar-refractivity contribution is -0.0872. The highest BCUT2D eigenvalue weighted by Gasteiger charge is 2.41. The van der Waals surface area contributed by atoms with E-state index in [1.807, 2.05) is 10.9 Å². The molecule has 2 aliphatic rings. The van der Waals surface area contributed by atoms with Gasteiger partial charge in [0.25, 0.3) is 0 Å². The zero-order chi connectivity index (χ0) is 19.0. The second-order valence-electron chi connectivity index (χ2n) is 8.88. The first kappa shape index (κ1) is 18.4. The highest BCUT2D eigenvalue weighted by molar-refractivity contribution is 5.97. The van der Waals surface area contributed by atoms with E-state index in [4.69, 9.17) is 4.74 Å². The van der Waals surface area contributed by atoms with Gasteiger partial charge in [0.05, 0.1) is 30.5 Å². The number of carbonyl (C=O) groups is 1. The Bertz CT molecular complexity index is 779. The molecule has 0 saturated carbocycles. The quantitative estimate of drug-likeness (QED) is 0.776. The van der Waals surface area contributed by atoms with Crippen LogP contribution in [0.5, 0.6) is 0 Å². The van der Waals surface area contributed by atoms with Crippen molar-refractivity contribution in [1.29, 1.82) is 0 Å². The van der Waals surface area contributed by atoms with Crippen LogP contribution in [0.1, 0.15) is 49.5 Å². The molecule has 5 heteroatoms. The van der Waals surface area contributed by atoms with Crippen LogP contribution in [0.4, 0.5) is 0 Å². The topological polar surface area (TPSA) is 47.4 Å². The van der Waals surface area contributed by atoms with Crippen molar-refractivity contribution >= 4 is 5.78 Å². The van der Waals surface area contributed by atoms with E-state index in [-0.39, 0.29) is 17.2 Å². The van der Waals surface area contributed by atoms with Crippen LogP contribution in [-0.4, -0.2) is 45.8 Å². The van der Waals surface area contributed by atoms with Gasteiger partial charge in [0.2, 0.25) is 0 Å². The van der Waals surface area contributed by atoms with Gasteiger partial charge in [-0.1, -0.05) is 30.3 Å². The van der Waals surface area contributed by atoms with Crippen LogP contribution in [0.15, 0.2) is 42.7 Å². The monoisotopic (exact) mass is 367 g/mol. The summed E-state index contributed by atoms with van der Waals surface area (Å²) in [5.74, 6) is 0.301. The molecule has 27 heavy (non-hydrogen) atoms. The molecule has 1 aromatic heterocycles. The molecule has 2 unspecified atom stereocenters. The molecule has 5 nitrogen and oxygen atoms in total. The Kier molecular flexibility index (Phi) is 4.91. The van der Waals surface area contributed by atoms with E-state index < -0.39 is 0 Å². The maximum Gasteiger partial charge on any atom is 0.169 e. The number of fused-ring (bicyclic) bond motifs is 2. The summed E-state index contributed by atoms with van der Waals surface area (Å²) in [5.41, 5.74) is 1.96. The van der Waals surface area contributed by atoms with Crippen molar-refractivity contribution in [3.05, 3.63) is 53.9 Å². The van der Waals surface area contributed by atoms with E-state index in [0.29, 0.717) is 25.3 Å². The third-order valence-corrected chi connectivity index (χ3v) is 5.80. The SMILES string of the molecule is CC(C)(C)n1cc(C(=O)C2CC3COCC(C2)N3Cc2ccccc2)cn1. The van der Waals surface area contributed by atoms with Crippen LogP contribution in [-0.2, 0) is 16.8 Å². The molecular formula is C22H29N3O2. The van der Waals surface area contributed by atoms with Gasteiger partial charge in [0.1, 0.15) is 0 Å². The maximum atomic E-state index is 13.1. The molecule has 4 rings (SSSR count). The summed E-state index contributed by atoms with van der Waals surface area (Å²) in [6.07, 6.45) is 5.37. The number of nitrogens with zero attached hydrogens (tertiary/aromatic N) is 3. The van der Waals surface area contributed by atoms with Crippen molar-refractivity contribution in [2.75, 3.05) is 13.2 Å². The largest absolute Gasteiger partial charge is 0.378 e. The lowest BCUT2D eigenvalue weighted by atomic mass is 9.81. The number of morpholine rings is 1. The molecule has 0 N–H and O–H groups in total. The van der Waals surface area contributed by atoms with Gasteiger partial charge in [-0.25, -0.2) is 0 Å². The Morgan fingerprint density at radius 2 is 1.81 bits per heavy atom. The molecule has 2 fully saturated rings. The van der Waals surface area contributed by atoms with Gasteiger partial charge < -0.3 is 4.74 Å². The Labute approximate surface area is 161 Å². The standard InChI is InChI=1S/C22H29N3O2/c1-22(2,3)25-13-18(11-23-25)21(26)17-9-19-14-27-15-20(10-17)24(19)12-16-7-5-4-6-8-16/h4-8,11,13,17,19-20H,9-10,12,14-15H2,1-3H3. The number of carbonyl (C=O) groups excluding carboxylic acids is 1. The van der Waals surface area contributed by atoms with Gasteiger partial charge in [-0.2, -0.15) is 5.10 Å². The zero-order valence-corrected chi connectivity index (χ0v) is 16.5. The maximum absolute atomic E-state index is 13.1. The van der Waals surface area contributed by atoms with Crippen molar-refractivity contribution in [2.24, 2.45) is 5.92 Å². The zero-order valence-electron chi connectivity index (χ0n) is 16.5. The fraction of sp³-hybridized carbons (Fsp3) is 0.545. The molecule has 144 valence electrons. The predicted molar refractivity (Wildman–Crippen MR) is 105 cm³/mol. The van der Waals surface area contributed by atoms with Crippen LogP contribution in [0.25, 0.3) is 0 Å². The number of hydrogen-bond acceptors (Lipinski definition) is 4. The molecule has 0 amide bonds. The van der Waals surface area contributed by atoms with Gasteiger partial charge in [-0.3, -0.25) is 14.4 Å². The summed E-state index contributed by atoms with van der Waals surface area (Å²) in [6, 6.07) is 11.2. The van der Waals surface area contributed by atoms with Crippen molar-refractivity contribution < 1.29 is 9.53 Å². The molecule has 2 saturated heterocycles. The van der Waals surface area contributed by atoms with E-state index in [2.05, 4.69) is 61.1 Å². The smallest absolute Gasteiger partial charge is 0.169 e. The van der Waals surface area contributed by atoms with Gasteiger partial charge in [-0.05, 0) is 39.2 Å². The van der Waals surface area contributed by atoms with Gasteiger partial charge >= 0.3 is 0 Å². The van der Waals surface area contributed by atoms with Crippen LogP contribution >= 0.6 is 0 Å². The van der Waals surface area contributed by atoms with Crippen molar-refractivity contribution in [2.45, 2.75) is 57.8 Å². The lowest BCUT2D eigenvalue weighted by Crippen LogP contribution is -2.57. The van der Waals surface area contributed by atoms with E-state index >= 15 is 0 Å². The third-order valence-electron chi connectivity index (χ3n) is 5.80. The highest BCUT2D eigenvalue weighted by Crippen LogP contribution is 2.34. The third kappa shape index (κ3) is 3.85. The second-order valence-corrected chi connectivity index (χ2v) is 8.88. The number of hydrogen-bond donors (Lipinski definition) is 0. The van der Waals surface area contributed by atoms with E-state index in [9.17, 15) is 4.79 Å². The van der Waals surface area contributed by atoms with Crippen molar-refractivity contribution in [1.82, 2.24) is 14.7 Å². The Balaban J connectivity index is 1.48. The summed E-state index contributed by atoms with van der Waals surface area (Å²) < 4.78 is 7.70. The summed E-state index contributed by atoms with van der Waals surface area (Å²) in [4.78, 5) is 15.7. The first-order valence-corrected chi connectivity index (χ1v) is 9.88. The number of rotatable bonds is 4. The van der Waals surface area contributed by atoms with E-state index in [0.717, 1.165) is 24.9 Å². The summed E-state index contributed by atoms with van der Waals surface area (Å²) in [6.45, 7) is 8.65. The molecule has 0 radical (unpaired) electrons. The van der Waals surface area contributed by atoms with Gasteiger partial charge in [-0.15, -0.1) is 0 Å². The summed E-state index contributed by atoms with van der Waals surface area (Å²) in [7, 11) is 0. The average Bonchev–Trinajstić information content (AvgIpc) is 3.12. The average molecular weight is 367 g/mol. The summed E-state index contributed by atoms with van der Waals surface area (Å²) in [5, 5.41) is 4.41. The Hall–Kier alpha value is -1.98. The molecule has 2 aromatic rings. The second kappa shape index (κ2) is 7.21. The molecule has 2 bridgehead atoms. The van der Waals surface area contributed by atoms with E-state index in [1.165, 1.54) is 5.56 Å². The first-order chi connectivity index (χ1) is 12.9. The van der Waals surface area contributed by atoms with Crippen LogP contribution in [0.2, 0.25) is 0 Å². The minimum atomic E-state index is -0.109. The van der Waals surface area contributed by atoms with Gasteiger partial charge in [0, 0.05) is 30.7 Å². The Morgan fingerprint density at radius 3 is 2.41 bits per heavy atom. The number of piperidine rings is 1. The fourth-order valence-electron chi connectivity index (χ4n) is 4.31. The molecule has 3 heterocycles. The lowest BCUT2D eigenvalue weighted by Gasteiger charge is -2.48. The number of aromatic nitrogens is 2. The van der Waals surface area contributed by atoms with E-state index in [1.54, 1.807) is 6.20 Å². The molecule has 0 aliphatic carbocycles. The number of Topliss-reactive ketones (excluding diaryl/α,β-unsaturated/α-hetero) is 1. The Morgan fingerprint density at radius 1 is 1.15 bits per heavy atom. The highest BCUT2D eigenvalue weighted by atomic mass is 16.5. The van der Waals surface area contributed by atoms with Gasteiger partial charge in [0.15, 0.2) is 5.78 Å². The van der Waals surface area contributed by atoms with Crippen LogP contribution in [0.3, 0.4) is 0 Å². The first-order valence-electron chi connectivity index (χ1n) is 9.88. The summed E-state index contributed by atoms with van der Waals surface area (Å²) >= 11 is 0. The molecule has 2 atom stereocenters. The number of benzene rings is 1. The normalized spacial score (nSPS) is 26.1. The minimum Gasteiger partial charge on any atom is -0.378 e. The van der Waals surface area contributed by atoms with Crippen molar-refractivity contribution in [3.8, 4) is 0 Å². The van der Waals surface area contributed by atoms with Crippen LogP contribution in [0, 0.1) is 5.92 Å². The number of ketones is 1. The van der Waals surface area contributed by atoms with Crippen LogP contribution < -0.4 is 0 Å².